The zero-order valence-corrected chi connectivity index (χ0v) is 15.0. The molecular weight excluding hydrogens is 306 g/mol. The molecule has 3 rings (SSSR count). The van der Waals surface area contributed by atoms with Gasteiger partial charge in [-0.05, 0) is 33.1 Å². The molecule has 2 fully saturated rings. The standard InChI is InChI=1S/C17H27N5O2/c1-11-12(2)19-16(21(3)4)20-14(11)22-9-6-13(23)17(10-22)7-5-8-18-15(17)24/h13,23H,5-10H2,1-4H3,(H,18,24)/t13-,17+/m0/s1. The number of aliphatic hydroxyl groups excluding tert-OH is 1. The first kappa shape index (κ1) is 17.0. The Balaban J connectivity index is 1.97. The van der Waals surface area contributed by atoms with Crippen molar-refractivity contribution in [3.8, 4) is 0 Å². The third-order valence-corrected chi connectivity index (χ3v) is 5.37. The number of carbonyl (C=O) groups is 1. The first-order chi connectivity index (χ1) is 11.3. The molecule has 2 saturated heterocycles. The van der Waals surface area contributed by atoms with Gasteiger partial charge in [0.05, 0.1) is 11.5 Å². The van der Waals surface area contributed by atoms with Crippen LogP contribution in [0, 0.1) is 19.3 Å². The Morgan fingerprint density at radius 2 is 2.08 bits per heavy atom. The molecule has 0 unspecified atom stereocenters. The Morgan fingerprint density at radius 3 is 2.75 bits per heavy atom. The van der Waals surface area contributed by atoms with Crippen molar-refractivity contribution in [1.82, 2.24) is 15.3 Å². The van der Waals surface area contributed by atoms with Gasteiger partial charge >= 0.3 is 0 Å². The highest BCUT2D eigenvalue weighted by atomic mass is 16.3. The third kappa shape index (κ3) is 2.70. The van der Waals surface area contributed by atoms with Crippen molar-refractivity contribution in [3.63, 3.8) is 0 Å². The van der Waals surface area contributed by atoms with Crippen LogP contribution in [-0.4, -0.2) is 60.8 Å². The summed E-state index contributed by atoms with van der Waals surface area (Å²) in [6.45, 7) is 5.90. The molecule has 0 aromatic carbocycles. The van der Waals surface area contributed by atoms with Crippen LogP contribution in [0.5, 0.6) is 0 Å². The maximum atomic E-state index is 12.5. The van der Waals surface area contributed by atoms with Gasteiger partial charge < -0.3 is 20.2 Å². The van der Waals surface area contributed by atoms with Crippen LogP contribution < -0.4 is 15.1 Å². The number of piperidine rings is 2. The summed E-state index contributed by atoms with van der Waals surface area (Å²) in [5.74, 6) is 1.51. The minimum absolute atomic E-state index is 0.0257. The number of amides is 1. The Labute approximate surface area is 143 Å². The molecule has 1 aromatic rings. The van der Waals surface area contributed by atoms with Crippen LogP contribution in [0.2, 0.25) is 0 Å². The third-order valence-electron chi connectivity index (χ3n) is 5.37. The number of anilines is 2. The zero-order valence-electron chi connectivity index (χ0n) is 15.0. The number of carbonyl (C=O) groups excluding carboxylic acids is 1. The topological polar surface area (TPSA) is 81.6 Å². The predicted octanol–water partition coefficient (Wildman–Crippen LogP) is 0.627. The number of hydrogen-bond donors (Lipinski definition) is 2. The van der Waals surface area contributed by atoms with Gasteiger partial charge in [-0.3, -0.25) is 4.79 Å². The molecule has 2 N–H and O–H groups in total. The fourth-order valence-corrected chi connectivity index (χ4v) is 3.73. The minimum atomic E-state index is -0.722. The molecule has 0 aliphatic carbocycles. The van der Waals surface area contributed by atoms with Crippen molar-refractivity contribution < 1.29 is 9.90 Å². The van der Waals surface area contributed by atoms with E-state index in [9.17, 15) is 9.90 Å². The van der Waals surface area contributed by atoms with E-state index in [-0.39, 0.29) is 5.91 Å². The quantitative estimate of drug-likeness (QED) is 0.826. The molecule has 0 bridgehead atoms. The number of aliphatic hydroxyl groups is 1. The predicted molar refractivity (Wildman–Crippen MR) is 93.3 cm³/mol. The summed E-state index contributed by atoms with van der Waals surface area (Å²) < 4.78 is 0. The molecule has 0 saturated carbocycles. The van der Waals surface area contributed by atoms with E-state index in [4.69, 9.17) is 4.98 Å². The van der Waals surface area contributed by atoms with E-state index in [1.54, 1.807) is 0 Å². The lowest BCUT2D eigenvalue weighted by Gasteiger charge is -2.47. The van der Waals surface area contributed by atoms with E-state index in [0.29, 0.717) is 32.0 Å². The van der Waals surface area contributed by atoms with Gasteiger partial charge in [-0.25, -0.2) is 4.98 Å². The normalized spacial score (nSPS) is 27.3. The van der Waals surface area contributed by atoms with Crippen molar-refractivity contribution >= 4 is 17.7 Å². The molecule has 1 aromatic heterocycles. The summed E-state index contributed by atoms with van der Waals surface area (Å²) in [7, 11) is 3.84. The smallest absolute Gasteiger partial charge is 0.230 e. The highest BCUT2D eigenvalue weighted by Gasteiger charge is 2.50. The maximum absolute atomic E-state index is 12.5. The van der Waals surface area contributed by atoms with Crippen LogP contribution in [0.25, 0.3) is 0 Å². The molecule has 7 nitrogen and oxygen atoms in total. The second kappa shape index (κ2) is 6.20. The SMILES string of the molecule is Cc1nc(N(C)C)nc(N2CC[C@H](O)[C@@]3(CCCNC3=O)C2)c1C. The van der Waals surface area contributed by atoms with Crippen molar-refractivity contribution in [1.29, 1.82) is 0 Å². The van der Waals surface area contributed by atoms with Crippen LogP contribution in [0.15, 0.2) is 0 Å². The van der Waals surface area contributed by atoms with Crippen molar-refractivity contribution in [2.24, 2.45) is 5.41 Å². The molecule has 24 heavy (non-hydrogen) atoms. The molecule has 0 radical (unpaired) electrons. The lowest BCUT2D eigenvalue weighted by atomic mass is 9.71. The van der Waals surface area contributed by atoms with Gasteiger partial charge in [0.25, 0.3) is 0 Å². The summed E-state index contributed by atoms with van der Waals surface area (Å²) in [6.07, 6.45) is 1.61. The molecule has 1 amide bonds. The highest BCUT2D eigenvalue weighted by Crippen LogP contribution is 2.39. The number of nitrogens with zero attached hydrogens (tertiary/aromatic N) is 4. The Hall–Kier alpha value is -1.89. The molecule has 1 spiro atoms. The number of aromatic nitrogens is 2. The van der Waals surface area contributed by atoms with Gasteiger partial charge in [0.15, 0.2) is 0 Å². The van der Waals surface area contributed by atoms with E-state index >= 15 is 0 Å². The zero-order chi connectivity index (χ0) is 17.5. The Kier molecular flexibility index (Phi) is 4.38. The molecule has 2 aliphatic heterocycles. The largest absolute Gasteiger partial charge is 0.392 e. The van der Waals surface area contributed by atoms with E-state index in [2.05, 4.69) is 15.2 Å². The van der Waals surface area contributed by atoms with Crippen LogP contribution in [-0.2, 0) is 4.79 Å². The van der Waals surface area contributed by atoms with Crippen LogP contribution >= 0.6 is 0 Å². The Bertz CT molecular complexity index is 648. The molecule has 7 heteroatoms. The van der Waals surface area contributed by atoms with E-state index in [0.717, 1.165) is 29.9 Å². The summed E-state index contributed by atoms with van der Waals surface area (Å²) in [5, 5.41) is 13.5. The van der Waals surface area contributed by atoms with Crippen molar-refractivity contribution in [2.75, 3.05) is 43.5 Å². The molecule has 2 aliphatic rings. The molecular formula is C17H27N5O2. The lowest BCUT2D eigenvalue weighted by molar-refractivity contribution is -0.142. The second-order valence-electron chi connectivity index (χ2n) is 7.19. The average molecular weight is 333 g/mol. The van der Waals surface area contributed by atoms with E-state index in [1.165, 1.54) is 0 Å². The molecule has 3 heterocycles. The number of aryl methyl sites for hydroxylation is 1. The highest BCUT2D eigenvalue weighted by molar-refractivity contribution is 5.85. The van der Waals surface area contributed by atoms with Gasteiger partial charge in [0.1, 0.15) is 5.82 Å². The maximum Gasteiger partial charge on any atom is 0.230 e. The van der Waals surface area contributed by atoms with Gasteiger partial charge in [0, 0.05) is 45.0 Å². The van der Waals surface area contributed by atoms with Crippen LogP contribution in [0.3, 0.4) is 0 Å². The number of rotatable bonds is 2. The van der Waals surface area contributed by atoms with Gasteiger partial charge in [-0.1, -0.05) is 0 Å². The summed E-state index contributed by atoms with van der Waals surface area (Å²) in [6, 6.07) is 0. The Morgan fingerprint density at radius 1 is 1.33 bits per heavy atom. The summed E-state index contributed by atoms with van der Waals surface area (Å²) >= 11 is 0. The summed E-state index contributed by atoms with van der Waals surface area (Å²) in [4.78, 5) is 25.8. The van der Waals surface area contributed by atoms with Gasteiger partial charge in [-0.2, -0.15) is 4.98 Å². The first-order valence-electron chi connectivity index (χ1n) is 8.59. The molecule has 2 atom stereocenters. The fourth-order valence-electron chi connectivity index (χ4n) is 3.73. The molecule has 132 valence electrons. The van der Waals surface area contributed by atoms with Crippen LogP contribution in [0.4, 0.5) is 11.8 Å². The minimum Gasteiger partial charge on any atom is -0.392 e. The second-order valence-corrected chi connectivity index (χ2v) is 7.19. The number of nitrogens with one attached hydrogen (secondary N) is 1. The summed E-state index contributed by atoms with van der Waals surface area (Å²) in [5.41, 5.74) is 1.25. The van der Waals surface area contributed by atoms with Crippen molar-refractivity contribution in [2.45, 2.75) is 39.2 Å². The number of hydrogen-bond acceptors (Lipinski definition) is 6. The van der Waals surface area contributed by atoms with Gasteiger partial charge in [-0.15, -0.1) is 0 Å². The van der Waals surface area contributed by atoms with Gasteiger partial charge in [0.2, 0.25) is 11.9 Å². The van der Waals surface area contributed by atoms with Crippen molar-refractivity contribution in [3.05, 3.63) is 11.3 Å². The fraction of sp³-hybridized carbons (Fsp3) is 0.706. The first-order valence-corrected chi connectivity index (χ1v) is 8.59. The van der Waals surface area contributed by atoms with E-state index < -0.39 is 11.5 Å². The monoisotopic (exact) mass is 333 g/mol. The average Bonchev–Trinajstić information content (AvgIpc) is 2.55. The van der Waals surface area contributed by atoms with Crippen LogP contribution in [0.1, 0.15) is 30.5 Å². The lowest BCUT2D eigenvalue weighted by Crippen LogP contribution is -2.61. The van der Waals surface area contributed by atoms with E-state index in [1.807, 2.05) is 32.8 Å².